The second kappa shape index (κ2) is 4.38. The van der Waals surface area contributed by atoms with Gasteiger partial charge < -0.3 is 4.74 Å². The predicted molar refractivity (Wildman–Crippen MR) is 66.2 cm³/mol. The lowest BCUT2D eigenvalue weighted by Crippen LogP contribution is -2.18. The van der Waals surface area contributed by atoms with Gasteiger partial charge in [-0.05, 0) is 41.3 Å². The van der Waals surface area contributed by atoms with E-state index in [4.69, 9.17) is 4.74 Å². The fraction of sp³-hybridized carbons (Fsp3) is 0.417. The molecule has 0 bridgehead atoms. The molecule has 0 N–H and O–H groups in total. The monoisotopic (exact) mass is 298 g/mol. The molecule has 0 amide bonds. The maximum atomic E-state index is 13.5. The van der Waals surface area contributed by atoms with Crippen molar-refractivity contribution < 1.29 is 9.13 Å². The SMILES string of the molecule is Fc1cc2c(cnn2[C@H]2CCCCO2)cc1Br. The number of rotatable bonds is 1. The fourth-order valence-electron chi connectivity index (χ4n) is 2.19. The smallest absolute Gasteiger partial charge is 0.150 e. The van der Waals surface area contributed by atoms with Crippen LogP contribution in [0.2, 0.25) is 0 Å². The van der Waals surface area contributed by atoms with Crippen molar-refractivity contribution in [2.24, 2.45) is 0 Å². The highest BCUT2D eigenvalue weighted by molar-refractivity contribution is 9.10. The van der Waals surface area contributed by atoms with Crippen molar-refractivity contribution in [2.75, 3.05) is 6.61 Å². The van der Waals surface area contributed by atoms with Gasteiger partial charge >= 0.3 is 0 Å². The Balaban J connectivity index is 2.07. The molecule has 0 saturated carbocycles. The number of halogens is 2. The van der Waals surface area contributed by atoms with Crippen LogP contribution in [0.3, 0.4) is 0 Å². The summed E-state index contributed by atoms with van der Waals surface area (Å²) in [6.07, 6.45) is 4.86. The number of aromatic nitrogens is 2. The van der Waals surface area contributed by atoms with Gasteiger partial charge in [0.2, 0.25) is 0 Å². The van der Waals surface area contributed by atoms with E-state index in [1.54, 1.807) is 16.9 Å². The van der Waals surface area contributed by atoms with E-state index in [1.807, 2.05) is 0 Å². The second-order valence-corrected chi connectivity index (χ2v) is 5.09. The first-order chi connectivity index (χ1) is 8.25. The van der Waals surface area contributed by atoms with E-state index >= 15 is 0 Å². The lowest BCUT2D eigenvalue weighted by atomic mass is 10.2. The van der Waals surface area contributed by atoms with Gasteiger partial charge in [0.15, 0.2) is 6.23 Å². The molecule has 1 atom stereocenters. The molecule has 0 radical (unpaired) electrons. The van der Waals surface area contributed by atoms with Crippen LogP contribution in [-0.4, -0.2) is 16.4 Å². The van der Waals surface area contributed by atoms with E-state index in [0.29, 0.717) is 4.47 Å². The molecule has 1 aromatic heterocycles. The molecule has 1 saturated heterocycles. The number of fused-ring (bicyclic) bond motifs is 1. The van der Waals surface area contributed by atoms with Crippen LogP contribution in [0.15, 0.2) is 22.8 Å². The predicted octanol–water partition coefficient (Wildman–Crippen LogP) is 3.64. The molecule has 0 unspecified atom stereocenters. The molecule has 3 rings (SSSR count). The van der Waals surface area contributed by atoms with Crippen LogP contribution in [0, 0.1) is 5.82 Å². The highest BCUT2D eigenvalue weighted by Gasteiger charge is 2.19. The second-order valence-electron chi connectivity index (χ2n) is 4.24. The van der Waals surface area contributed by atoms with Crippen LogP contribution in [0.4, 0.5) is 4.39 Å². The largest absolute Gasteiger partial charge is 0.356 e. The van der Waals surface area contributed by atoms with Gasteiger partial charge in [-0.1, -0.05) is 0 Å². The number of ether oxygens (including phenoxy) is 1. The Hall–Kier alpha value is -0.940. The molecule has 1 aliphatic rings. The molecule has 1 aromatic carbocycles. The Morgan fingerprint density at radius 2 is 2.29 bits per heavy atom. The highest BCUT2D eigenvalue weighted by atomic mass is 79.9. The average Bonchev–Trinajstić information content (AvgIpc) is 2.74. The van der Waals surface area contributed by atoms with Crippen molar-refractivity contribution in [1.82, 2.24) is 9.78 Å². The normalized spacial score (nSPS) is 20.9. The molecule has 1 fully saturated rings. The van der Waals surface area contributed by atoms with Crippen molar-refractivity contribution in [3.63, 3.8) is 0 Å². The number of benzene rings is 1. The topological polar surface area (TPSA) is 27.1 Å². The minimum atomic E-state index is -0.268. The van der Waals surface area contributed by atoms with Crippen LogP contribution in [0.5, 0.6) is 0 Å². The molecule has 1 aliphatic heterocycles. The van der Waals surface area contributed by atoms with E-state index in [1.165, 1.54) is 6.07 Å². The molecule has 17 heavy (non-hydrogen) atoms. The van der Waals surface area contributed by atoms with Crippen LogP contribution in [0.25, 0.3) is 10.9 Å². The van der Waals surface area contributed by atoms with Gasteiger partial charge in [-0.25, -0.2) is 9.07 Å². The van der Waals surface area contributed by atoms with Crippen molar-refractivity contribution >= 4 is 26.8 Å². The van der Waals surface area contributed by atoms with Crippen molar-refractivity contribution in [3.8, 4) is 0 Å². The fourth-order valence-corrected chi connectivity index (χ4v) is 2.55. The molecule has 3 nitrogen and oxygen atoms in total. The molecule has 2 heterocycles. The van der Waals surface area contributed by atoms with Crippen LogP contribution in [-0.2, 0) is 4.74 Å². The summed E-state index contributed by atoms with van der Waals surface area (Å²) in [4.78, 5) is 0. The Bertz CT molecular complexity index is 549. The standard InChI is InChI=1S/C12H12BrFN2O/c13-9-5-8-7-15-16(11(8)6-10(9)14)12-3-1-2-4-17-12/h5-7,12H,1-4H2/t12-/m1/s1. The third kappa shape index (κ3) is 1.98. The van der Waals surface area contributed by atoms with Gasteiger partial charge in [-0.3, -0.25) is 0 Å². The maximum Gasteiger partial charge on any atom is 0.150 e. The molecular weight excluding hydrogens is 287 g/mol. The Kier molecular flexibility index (Phi) is 2.88. The van der Waals surface area contributed by atoms with E-state index in [0.717, 1.165) is 36.8 Å². The number of nitrogens with zero attached hydrogens (tertiary/aromatic N) is 2. The number of hydrogen-bond acceptors (Lipinski definition) is 2. The van der Waals surface area contributed by atoms with Crippen molar-refractivity contribution in [2.45, 2.75) is 25.5 Å². The van der Waals surface area contributed by atoms with Crippen LogP contribution < -0.4 is 0 Å². The first kappa shape index (κ1) is 11.2. The summed E-state index contributed by atoms with van der Waals surface area (Å²) in [5.74, 6) is -0.268. The summed E-state index contributed by atoms with van der Waals surface area (Å²) >= 11 is 3.18. The van der Waals surface area contributed by atoms with Gasteiger partial charge in [0, 0.05) is 18.1 Å². The first-order valence-electron chi connectivity index (χ1n) is 5.69. The van der Waals surface area contributed by atoms with E-state index < -0.39 is 0 Å². The zero-order valence-electron chi connectivity index (χ0n) is 9.20. The Morgan fingerprint density at radius 1 is 1.41 bits per heavy atom. The van der Waals surface area contributed by atoms with E-state index in [-0.39, 0.29) is 12.0 Å². The molecule has 2 aromatic rings. The van der Waals surface area contributed by atoms with Crippen molar-refractivity contribution in [3.05, 3.63) is 28.6 Å². The van der Waals surface area contributed by atoms with Crippen LogP contribution >= 0.6 is 15.9 Å². The van der Waals surface area contributed by atoms with E-state index in [2.05, 4.69) is 21.0 Å². The van der Waals surface area contributed by atoms with Gasteiger partial charge in [0.25, 0.3) is 0 Å². The minimum Gasteiger partial charge on any atom is -0.356 e. The average molecular weight is 299 g/mol. The van der Waals surface area contributed by atoms with Gasteiger partial charge in [0.1, 0.15) is 5.82 Å². The summed E-state index contributed by atoms with van der Waals surface area (Å²) in [6.45, 7) is 0.755. The molecule has 90 valence electrons. The maximum absolute atomic E-state index is 13.5. The quantitative estimate of drug-likeness (QED) is 0.804. The molecular formula is C12H12BrFN2O. The summed E-state index contributed by atoms with van der Waals surface area (Å²) in [5, 5.41) is 5.23. The molecule has 5 heteroatoms. The van der Waals surface area contributed by atoms with E-state index in [9.17, 15) is 4.39 Å². The summed E-state index contributed by atoms with van der Waals surface area (Å²) in [5.41, 5.74) is 0.789. The van der Waals surface area contributed by atoms with Gasteiger partial charge in [-0.15, -0.1) is 0 Å². The third-order valence-electron chi connectivity index (χ3n) is 3.07. The number of hydrogen-bond donors (Lipinski definition) is 0. The third-order valence-corrected chi connectivity index (χ3v) is 3.67. The lowest BCUT2D eigenvalue weighted by molar-refractivity contribution is -0.0366. The summed E-state index contributed by atoms with van der Waals surface area (Å²) < 4.78 is 21.5. The zero-order valence-corrected chi connectivity index (χ0v) is 10.8. The minimum absolute atomic E-state index is 0.0539. The Morgan fingerprint density at radius 3 is 3.06 bits per heavy atom. The zero-order chi connectivity index (χ0) is 11.8. The van der Waals surface area contributed by atoms with Crippen LogP contribution in [0.1, 0.15) is 25.5 Å². The first-order valence-corrected chi connectivity index (χ1v) is 6.49. The van der Waals surface area contributed by atoms with Gasteiger partial charge in [-0.2, -0.15) is 5.10 Å². The molecule has 0 aliphatic carbocycles. The van der Waals surface area contributed by atoms with Gasteiger partial charge in [0.05, 0.1) is 16.2 Å². The lowest BCUT2D eigenvalue weighted by Gasteiger charge is -2.23. The van der Waals surface area contributed by atoms with Crippen molar-refractivity contribution in [1.29, 1.82) is 0 Å². The highest BCUT2D eigenvalue weighted by Crippen LogP contribution is 2.28. The summed E-state index contributed by atoms with van der Waals surface area (Å²) in [7, 11) is 0. The molecule has 0 spiro atoms. The Labute approximate surface area is 107 Å². The summed E-state index contributed by atoms with van der Waals surface area (Å²) in [6, 6.07) is 3.25.